The Hall–Kier alpha value is -0.810. The van der Waals surface area contributed by atoms with E-state index in [4.69, 9.17) is 5.11 Å². The minimum Gasteiger partial charge on any atom is -0.478 e. The van der Waals surface area contributed by atoms with Crippen LogP contribution in [0, 0.1) is 0 Å². The van der Waals surface area contributed by atoms with Crippen LogP contribution in [0.4, 0.5) is 0 Å². The molecule has 66 valence electrons. The van der Waals surface area contributed by atoms with Crippen LogP contribution in [-0.4, -0.2) is 34.4 Å². The summed E-state index contributed by atoms with van der Waals surface area (Å²) in [6.07, 6.45) is 1.93. The van der Waals surface area contributed by atoms with Gasteiger partial charge in [-0.05, 0) is 22.0 Å². The molecule has 0 aromatic carbocycles. The van der Waals surface area contributed by atoms with Crippen LogP contribution in [0.2, 0.25) is 0 Å². The summed E-state index contributed by atoms with van der Waals surface area (Å²) in [6.45, 7) is 0. The zero-order chi connectivity index (χ0) is 9.30. The number of hydrogen-bond acceptors (Lipinski definition) is 3. The molecule has 1 rings (SSSR count). The SMILES string of the molecule is CN1C=C(Br)C(C(=O)O)=CC1O. The molecular weight excluding hydrogens is 226 g/mol. The largest absolute Gasteiger partial charge is 0.478 e. The van der Waals surface area contributed by atoms with Crippen molar-refractivity contribution in [1.29, 1.82) is 0 Å². The molecule has 0 spiro atoms. The molecule has 0 aliphatic carbocycles. The van der Waals surface area contributed by atoms with E-state index in [1.54, 1.807) is 7.05 Å². The Kier molecular flexibility index (Phi) is 2.54. The Balaban J connectivity index is 2.96. The highest BCUT2D eigenvalue weighted by molar-refractivity contribution is 9.12. The summed E-state index contributed by atoms with van der Waals surface area (Å²) in [6, 6.07) is 0. The Morgan fingerprint density at radius 3 is 2.83 bits per heavy atom. The van der Waals surface area contributed by atoms with Gasteiger partial charge in [-0.3, -0.25) is 0 Å². The van der Waals surface area contributed by atoms with Gasteiger partial charge in [-0.2, -0.15) is 0 Å². The lowest BCUT2D eigenvalue weighted by atomic mass is 10.2. The molecule has 0 bridgehead atoms. The summed E-state index contributed by atoms with van der Waals surface area (Å²) >= 11 is 3.08. The van der Waals surface area contributed by atoms with E-state index in [1.807, 2.05) is 0 Å². The molecule has 1 heterocycles. The van der Waals surface area contributed by atoms with E-state index in [-0.39, 0.29) is 5.57 Å². The van der Waals surface area contributed by atoms with Gasteiger partial charge >= 0.3 is 5.97 Å². The lowest BCUT2D eigenvalue weighted by molar-refractivity contribution is -0.132. The first-order chi connectivity index (χ1) is 5.52. The highest BCUT2D eigenvalue weighted by Gasteiger charge is 2.20. The van der Waals surface area contributed by atoms with Crippen LogP contribution in [0.15, 0.2) is 22.3 Å². The van der Waals surface area contributed by atoms with Crippen LogP contribution in [0.5, 0.6) is 0 Å². The highest BCUT2D eigenvalue weighted by atomic mass is 79.9. The number of halogens is 1. The number of rotatable bonds is 1. The van der Waals surface area contributed by atoms with Gasteiger partial charge < -0.3 is 15.1 Å². The average Bonchev–Trinajstić information content (AvgIpc) is 1.96. The molecule has 0 saturated heterocycles. The fourth-order valence-electron chi connectivity index (χ4n) is 0.844. The van der Waals surface area contributed by atoms with Crippen molar-refractivity contribution >= 4 is 21.9 Å². The zero-order valence-electron chi connectivity index (χ0n) is 6.36. The highest BCUT2D eigenvalue weighted by Crippen LogP contribution is 2.23. The summed E-state index contributed by atoms with van der Waals surface area (Å²) < 4.78 is 0.461. The van der Waals surface area contributed by atoms with Gasteiger partial charge in [-0.1, -0.05) is 0 Å². The molecular formula is C7H8BrNO3. The normalized spacial score (nSPS) is 23.2. The third-order valence-electron chi connectivity index (χ3n) is 1.54. The smallest absolute Gasteiger partial charge is 0.336 e. The molecule has 12 heavy (non-hydrogen) atoms. The summed E-state index contributed by atoms with van der Waals surface area (Å²) in [5.74, 6) is -1.05. The molecule has 0 fully saturated rings. The second-order valence-electron chi connectivity index (χ2n) is 2.44. The van der Waals surface area contributed by atoms with Gasteiger partial charge in [0.15, 0.2) is 0 Å². The molecule has 1 aliphatic heterocycles. The monoisotopic (exact) mass is 233 g/mol. The number of carboxylic acid groups (broad SMARTS) is 1. The van der Waals surface area contributed by atoms with E-state index in [0.29, 0.717) is 4.48 Å². The number of hydrogen-bond donors (Lipinski definition) is 2. The van der Waals surface area contributed by atoms with Crippen molar-refractivity contribution in [1.82, 2.24) is 4.90 Å². The molecule has 1 atom stereocenters. The first-order valence-electron chi connectivity index (χ1n) is 3.25. The van der Waals surface area contributed by atoms with Gasteiger partial charge in [-0.15, -0.1) is 0 Å². The summed E-state index contributed by atoms with van der Waals surface area (Å²) in [4.78, 5) is 12.0. The molecule has 0 radical (unpaired) electrons. The Labute approximate surface area is 77.9 Å². The minimum absolute atomic E-state index is 0.0839. The second kappa shape index (κ2) is 3.28. The van der Waals surface area contributed by atoms with E-state index in [2.05, 4.69) is 15.9 Å². The quantitative estimate of drug-likeness (QED) is 0.693. The van der Waals surface area contributed by atoms with E-state index in [0.717, 1.165) is 0 Å². The van der Waals surface area contributed by atoms with Crippen molar-refractivity contribution in [2.45, 2.75) is 6.23 Å². The van der Waals surface area contributed by atoms with Gasteiger partial charge in [0, 0.05) is 17.7 Å². The number of nitrogens with zero attached hydrogens (tertiary/aromatic N) is 1. The molecule has 5 heteroatoms. The van der Waals surface area contributed by atoms with Gasteiger partial charge in [0.1, 0.15) is 6.23 Å². The predicted octanol–water partition coefficient (Wildman–Crippen LogP) is 0.498. The van der Waals surface area contributed by atoms with E-state index in [1.165, 1.54) is 17.2 Å². The Morgan fingerprint density at radius 2 is 2.33 bits per heavy atom. The predicted molar refractivity (Wildman–Crippen MR) is 46.5 cm³/mol. The number of aliphatic hydroxyl groups excluding tert-OH is 1. The van der Waals surface area contributed by atoms with Crippen LogP contribution >= 0.6 is 15.9 Å². The van der Waals surface area contributed by atoms with E-state index in [9.17, 15) is 9.90 Å². The first kappa shape index (κ1) is 9.28. The zero-order valence-corrected chi connectivity index (χ0v) is 7.95. The summed E-state index contributed by atoms with van der Waals surface area (Å²) in [7, 11) is 1.65. The van der Waals surface area contributed by atoms with Gasteiger partial charge in [-0.25, -0.2) is 4.79 Å². The third kappa shape index (κ3) is 1.67. The molecule has 0 aromatic heterocycles. The van der Waals surface area contributed by atoms with Crippen molar-refractivity contribution in [3.8, 4) is 0 Å². The fourth-order valence-corrected chi connectivity index (χ4v) is 1.47. The van der Waals surface area contributed by atoms with Gasteiger partial charge in [0.05, 0.1) is 5.57 Å². The number of carboxylic acids is 1. The molecule has 1 unspecified atom stereocenters. The number of carbonyl (C=O) groups is 1. The summed E-state index contributed by atoms with van der Waals surface area (Å²) in [5, 5.41) is 17.9. The van der Waals surface area contributed by atoms with Crippen LogP contribution in [0.3, 0.4) is 0 Å². The maximum atomic E-state index is 10.5. The van der Waals surface area contributed by atoms with Crippen molar-refractivity contribution in [3.63, 3.8) is 0 Å². The lowest BCUT2D eigenvalue weighted by Gasteiger charge is -2.24. The maximum Gasteiger partial charge on any atom is 0.336 e. The first-order valence-corrected chi connectivity index (χ1v) is 4.04. The fraction of sp³-hybridized carbons (Fsp3) is 0.286. The number of aliphatic carboxylic acids is 1. The topological polar surface area (TPSA) is 60.8 Å². The Bertz CT molecular complexity index is 272. The van der Waals surface area contributed by atoms with Crippen LogP contribution in [0.1, 0.15) is 0 Å². The average molecular weight is 234 g/mol. The summed E-state index contributed by atoms with van der Waals surface area (Å²) in [5.41, 5.74) is 0.0839. The molecule has 0 aromatic rings. The molecule has 0 saturated carbocycles. The van der Waals surface area contributed by atoms with Crippen LogP contribution in [0.25, 0.3) is 0 Å². The minimum atomic E-state index is -1.05. The second-order valence-corrected chi connectivity index (χ2v) is 3.30. The van der Waals surface area contributed by atoms with E-state index >= 15 is 0 Å². The Morgan fingerprint density at radius 1 is 1.75 bits per heavy atom. The third-order valence-corrected chi connectivity index (χ3v) is 2.17. The van der Waals surface area contributed by atoms with Crippen molar-refractivity contribution in [2.24, 2.45) is 0 Å². The van der Waals surface area contributed by atoms with Gasteiger partial charge in [0.25, 0.3) is 0 Å². The molecule has 1 aliphatic rings. The maximum absolute atomic E-state index is 10.5. The lowest BCUT2D eigenvalue weighted by Crippen LogP contribution is -2.29. The van der Waals surface area contributed by atoms with Crippen molar-refractivity contribution < 1.29 is 15.0 Å². The van der Waals surface area contributed by atoms with Crippen LogP contribution < -0.4 is 0 Å². The van der Waals surface area contributed by atoms with Crippen molar-refractivity contribution in [3.05, 3.63) is 22.3 Å². The number of aliphatic hydroxyl groups is 1. The van der Waals surface area contributed by atoms with Crippen LogP contribution in [-0.2, 0) is 4.79 Å². The molecule has 2 N–H and O–H groups in total. The van der Waals surface area contributed by atoms with Crippen molar-refractivity contribution in [2.75, 3.05) is 7.05 Å². The standard InChI is InChI=1S/C7H8BrNO3/c1-9-3-5(8)4(7(11)12)2-6(9)10/h2-3,6,10H,1H3,(H,11,12). The molecule has 0 amide bonds. The molecule has 4 nitrogen and oxygen atoms in total. The van der Waals surface area contributed by atoms with Gasteiger partial charge in [0.2, 0.25) is 0 Å². The van der Waals surface area contributed by atoms with E-state index < -0.39 is 12.2 Å². The number of likely N-dealkylation sites (N-methyl/N-ethyl adjacent to an activating group) is 1.